The van der Waals surface area contributed by atoms with Crippen molar-refractivity contribution in [3.63, 3.8) is 0 Å². The predicted molar refractivity (Wildman–Crippen MR) is 46.1 cm³/mol. The van der Waals surface area contributed by atoms with Gasteiger partial charge in [0.15, 0.2) is 0 Å². The number of nitrogens with zero attached hydrogens (tertiary/aromatic N) is 2. The van der Waals surface area contributed by atoms with Crippen LogP contribution in [0.3, 0.4) is 0 Å². The van der Waals surface area contributed by atoms with Crippen molar-refractivity contribution in [3.8, 4) is 0 Å². The van der Waals surface area contributed by atoms with Crippen LogP contribution >= 0.6 is 0 Å². The Morgan fingerprint density at radius 2 is 2.25 bits per heavy atom. The van der Waals surface area contributed by atoms with E-state index in [4.69, 9.17) is 0 Å². The molecule has 4 nitrogen and oxygen atoms in total. The highest BCUT2D eigenvalue weighted by molar-refractivity contribution is 5.53. The largest absolute Gasteiger partial charge is 0.339 e. The van der Waals surface area contributed by atoms with E-state index in [0.29, 0.717) is 0 Å². The minimum absolute atomic E-state index is 0.864. The van der Waals surface area contributed by atoms with Gasteiger partial charge in [0.2, 0.25) is 0 Å². The molecular formula is C8H8N4. The molecule has 0 amide bonds. The first-order chi connectivity index (χ1) is 5.95. The van der Waals surface area contributed by atoms with E-state index < -0.39 is 0 Å². The summed E-state index contributed by atoms with van der Waals surface area (Å²) in [5.41, 5.74) is 0.946. The lowest BCUT2D eigenvalue weighted by atomic mass is 10.4. The zero-order valence-electron chi connectivity index (χ0n) is 6.36. The molecule has 0 saturated carbocycles. The van der Waals surface area contributed by atoms with Crippen LogP contribution in [0.15, 0.2) is 36.8 Å². The Balaban J connectivity index is 2.15. The molecule has 2 aromatic heterocycles. The Labute approximate surface area is 69.7 Å². The van der Waals surface area contributed by atoms with Gasteiger partial charge in [-0.15, -0.1) is 0 Å². The lowest BCUT2D eigenvalue weighted by Gasteiger charge is -2.00. The van der Waals surface area contributed by atoms with E-state index in [2.05, 4.69) is 20.5 Å². The van der Waals surface area contributed by atoms with Crippen molar-refractivity contribution in [1.82, 2.24) is 15.2 Å². The fourth-order valence-electron chi connectivity index (χ4n) is 0.918. The fourth-order valence-corrected chi connectivity index (χ4v) is 0.918. The normalized spacial score (nSPS) is 9.67. The predicted octanol–water partition coefficient (Wildman–Crippen LogP) is 1.55. The molecule has 0 radical (unpaired) electrons. The zero-order valence-corrected chi connectivity index (χ0v) is 6.36. The van der Waals surface area contributed by atoms with Crippen molar-refractivity contribution in [1.29, 1.82) is 0 Å². The minimum atomic E-state index is 0.864. The summed E-state index contributed by atoms with van der Waals surface area (Å²) in [6.45, 7) is 0. The van der Waals surface area contributed by atoms with Gasteiger partial charge in [-0.1, -0.05) is 0 Å². The van der Waals surface area contributed by atoms with Crippen molar-refractivity contribution in [2.75, 3.05) is 5.32 Å². The number of rotatable bonds is 2. The van der Waals surface area contributed by atoms with Crippen molar-refractivity contribution in [3.05, 3.63) is 36.8 Å². The lowest BCUT2D eigenvalue weighted by molar-refractivity contribution is 1.09. The molecule has 2 heterocycles. The summed E-state index contributed by atoms with van der Waals surface area (Å²) < 4.78 is 0. The van der Waals surface area contributed by atoms with Crippen molar-refractivity contribution < 1.29 is 0 Å². The Hall–Kier alpha value is -1.84. The molecule has 4 heteroatoms. The molecular weight excluding hydrogens is 152 g/mol. The van der Waals surface area contributed by atoms with Gasteiger partial charge in [-0.05, 0) is 12.1 Å². The van der Waals surface area contributed by atoms with E-state index in [9.17, 15) is 0 Å². The highest BCUT2D eigenvalue weighted by Crippen LogP contribution is 2.10. The van der Waals surface area contributed by atoms with E-state index in [1.807, 2.05) is 18.2 Å². The first-order valence-corrected chi connectivity index (χ1v) is 3.61. The molecule has 0 atom stereocenters. The fraction of sp³-hybridized carbons (Fsp3) is 0. The van der Waals surface area contributed by atoms with Crippen LogP contribution in [-0.4, -0.2) is 15.2 Å². The average molecular weight is 160 g/mol. The molecule has 0 bridgehead atoms. The van der Waals surface area contributed by atoms with Crippen LogP contribution in [0.2, 0.25) is 0 Å². The molecule has 0 aliphatic carbocycles. The van der Waals surface area contributed by atoms with Gasteiger partial charge in [-0.2, -0.15) is 5.10 Å². The molecule has 2 rings (SSSR count). The molecule has 2 N–H and O–H groups in total. The molecule has 0 aliphatic heterocycles. The molecule has 60 valence electrons. The Bertz CT molecular complexity index is 327. The summed E-state index contributed by atoms with van der Waals surface area (Å²) in [5, 5.41) is 9.71. The lowest BCUT2D eigenvalue weighted by Crippen LogP contribution is -1.90. The summed E-state index contributed by atoms with van der Waals surface area (Å²) >= 11 is 0. The summed E-state index contributed by atoms with van der Waals surface area (Å²) in [4.78, 5) is 3.97. The second-order valence-corrected chi connectivity index (χ2v) is 2.34. The van der Waals surface area contributed by atoms with Crippen LogP contribution in [0.4, 0.5) is 11.5 Å². The molecule has 0 saturated heterocycles. The topological polar surface area (TPSA) is 53.6 Å². The van der Waals surface area contributed by atoms with E-state index in [0.717, 1.165) is 11.5 Å². The number of hydrogen-bond donors (Lipinski definition) is 2. The van der Waals surface area contributed by atoms with Crippen LogP contribution in [0.25, 0.3) is 0 Å². The van der Waals surface area contributed by atoms with Crippen LogP contribution < -0.4 is 5.32 Å². The molecule has 0 aliphatic rings. The van der Waals surface area contributed by atoms with Gasteiger partial charge in [0, 0.05) is 12.3 Å². The molecule has 0 fully saturated rings. The van der Waals surface area contributed by atoms with Gasteiger partial charge >= 0.3 is 0 Å². The van der Waals surface area contributed by atoms with E-state index in [-0.39, 0.29) is 0 Å². The monoisotopic (exact) mass is 160 g/mol. The van der Waals surface area contributed by atoms with E-state index >= 15 is 0 Å². The second kappa shape index (κ2) is 3.04. The number of aromatic nitrogens is 3. The smallest absolute Gasteiger partial charge is 0.125 e. The summed E-state index contributed by atoms with van der Waals surface area (Å²) in [6.07, 6.45) is 5.18. The Kier molecular flexibility index (Phi) is 1.74. The SMILES string of the molecule is c1cncc(Nc2ccn[nH]2)c1. The van der Waals surface area contributed by atoms with Crippen LogP contribution in [0.1, 0.15) is 0 Å². The van der Waals surface area contributed by atoms with Crippen LogP contribution in [0.5, 0.6) is 0 Å². The summed E-state index contributed by atoms with van der Waals surface area (Å²) in [6, 6.07) is 5.67. The standard InChI is InChI=1S/C8H8N4/c1-2-7(6-9-4-1)11-8-3-5-10-12-8/h1-6H,(H2,10,11,12). The van der Waals surface area contributed by atoms with Gasteiger partial charge in [0.25, 0.3) is 0 Å². The van der Waals surface area contributed by atoms with Crippen molar-refractivity contribution >= 4 is 11.5 Å². The van der Waals surface area contributed by atoms with Gasteiger partial charge < -0.3 is 5.32 Å². The van der Waals surface area contributed by atoms with Gasteiger partial charge in [0.1, 0.15) is 5.82 Å². The quantitative estimate of drug-likeness (QED) is 0.700. The molecule has 0 aromatic carbocycles. The highest BCUT2D eigenvalue weighted by Gasteiger charge is 1.92. The summed E-state index contributed by atoms with van der Waals surface area (Å²) in [7, 11) is 0. The van der Waals surface area contributed by atoms with Gasteiger partial charge in [-0.25, -0.2) is 0 Å². The van der Waals surface area contributed by atoms with Crippen molar-refractivity contribution in [2.45, 2.75) is 0 Å². The number of pyridine rings is 1. The minimum Gasteiger partial charge on any atom is -0.339 e. The van der Waals surface area contributed by atoms with E-state index in [1.54, 1.807) is 18.6 Å². The third-order valence-corrected chi connectivity index (χ3v) is 1.44. The number of aromatic amines is 1. The van der Waals surface area contributed by atoms with E-state index in [1.165, 1.54) is 0 Å². The molecule has 0 unspecified atom stereocenters. The van der Waals surface area contributed by atoms with Crippen LogP contribution in [0, 0.1) is 0 Å². The average Bonchev–Trinajstić information content (AvgIpc) is 2.59. The first-order valence-electron chi connectivity index (χ1n) is 3.61. The van der Waals surface area contributed by atoms with Gasteiger partial charge in [0.05, 0.1) is 18.1 Å². The maximum Gasteiger partial charge on any atom is 0.125 e. The van der Waals surface area contributed by atoms with Crippen LogP contribution in [-0.2, 0) is 0 Å². The third-order valence-electron chi connectivity index (χ3n) is 1.44. The van der Waals surface area contributed by atoms with Crippen molar-refractivity contribution in [2.24, 2.45) is 0 Å². The molecule has 0 spiro atoms. The Morgan fingerprint density at radius 3 is 2.92 bits per heavy atom. The number of anilines is 2. The summed E-state index contributed by atoms with van der Waals surface area (Å²) in [5.74, 6) is 0.864. The highest BCUT2D eigenvalue weighted by atomic mass is 15.2. The Morgan fingerprint density at radius 1 is 1.25 bits per heavy atom. The zero-order chi connectivity index (χ0) is 8.23. The third kappa shape index (κ3) is 1.42. The number of hydrogen-bond acceptors (Lipinski definition) is 3. The molecule has 12 heavy (non-hydrogen) atoms. The molecule has 2 aromatic rings. The number of H-pyrrole nitrogens is 1. The van der Waals surface area contributed by atoms with Gasteiger partial charge in [-0.3, -0.25) is 10.1 Å². The first kappa shape index (κ1) is 6.84. The second-order valence-electron chi connectivity index (χ2n) is 2.34. The maximum atomic E-state index is 3.97. The number of nitrogens with one attached hydrogen (secondary N) is 2. The maximum absolute atomic E-state index is 3.97.